The summed E-state index contributed by atoms with van der Waals surface area (Å²) in [6.07, 6.45) is 1.77. The zero-order valence-electron chi connectivity index (χ0n) is 26.1. The van der Waals surface area contributed by atoms with Gasteiger partial charge in [0.05, 0.1) is 12.7 Å². The number of nitrogen functional groups attached to an aromatic ring is 1. The first-order chi connectivity index (χ1) is 20.4. The van der Waals surface area contributed by atoms with Gasteiger partial charge in [0.2, 0.25) is 5.88 Å². The highest BCUT2D eigenvalue weighted by atomic mass is 32.2. The van der Waals surface area contributed by atoms with E-state index in [4.69, 9.17) is 19.9 Å². The van der Waals surface area contributed by atoms with Crippen LogP contribution in [-0.2, 0) is 4.74 Å². The van der Waals surface area contributed by atoms with Crippen LogP contribution in [0.4, 0.5) is 14.6 Å². The van der Waals surface area contributed by atoms with Crippen LogP contribution in [0.2, 0.25) is 16.6 Å². The van der Waals surface area contributed by atoms with Crippen LogP contribution in [0, 0.1) is 23.1 Å². The molecular weight excluding hydrogens is 587 g/mol. The highest BCUT2D eigenvalue weighted by Gasteiger charge is 2.41. The number of methoxy groups -OCH3 is 2. The minimum absolute atomic E-state index is 0.0398. The largest absolute Gasteiger partial charge is 0.480 e. The number of aromatic nitrogens is 3. The van der Waals surface area contributed by atoms with Crippen LogP contribution in [0.5, 0.6) is 11.6 Å². The molecule has 228 valence electrons. The number of hydrogen-bond donors (Lipinski definition) is 1. The number of hydrogen-bond acceptors (Lipinski definition) is 8. The van der Waals surface area contributed by atoms with Gasteiger partial charge in [0, 0.05) is 18.1 Å². The van der Waals surface area contributed by atoms with Gasteiger partial charge in [-0.05, 0) is 46.5 Å². The third kappa shape index (κ3) is 5.88. The van der Waals surface area contributed by atoms with Gasteiger partial charge in [-0.3, -0.25) is 0 Å². The number of pyridine rings is 1. The van der Waals surface area contributed by atoms with Gasteiger partial charge < -0.3 is 19.9 Å². The number of ether oxygens (including phenoxy) is 3. The molecule has 2 aromatic heterocycles. The van der Waals surface area contributed by atoms with E-state index in [1.54, 1.807) is 24.5 Å². The molecule has 7 nitrogen and oxygen atoms in total. The summed E-state index contributed by atoms with van der Waals surface area (Å²) in [5.41, 5.74) is 11.1. The van der Waals surface area contributed by atoms with Crippen LogP contribution in [0.25, 0.3) is 32.9 Å². The number of thioether (sulfide) groups is 1. The fourth-order valence-corrected chi connectivity index (χ4v) is 11.7. The van der Waals surface area contributed by atoms with Crippen LogP contribution in [0.15, 0.2) is 29.4 Å². The second-order valence-corrected chi connectivity index (χ2v) is 17.6. The van der Waals surface area contributed by atoms with Crippen molar-refractivity contribution < 1.29 is 23.0 Å². The zero-order chi connectivity index (χ0) is 31.6. The number of anilines is 1. The lowest BCUT2D eigenvalue weighted by atomic mass is 9.95. The molecule has 0 spiro atoms. The van der Waals surface area contributed by atoms with E-state index in [-0.39, 0.29) is 46.2 Å². The summed E-state index contributed by atoms with van der Waals surface area (Å²) in [5.74, 6) is 2.49. The first-order valence-electron chi connectivity index (χ1n) is 14.1. The summed E-state index contributed by atoms with van der Waals surface area (Å²) in [7, 11) is 0.675. The summed E-state index contributed by atoms with van der Waals surface area (Å²) in [6.45, 7) is 13.1. The van der Waals surface area contributed by atoms with Gasteiger partial charge in [0.1, 0.15) is 42.1 Å². The highest BCUT2D eigenvalue weighted by Crippen LogP contribution is 2.43. The number of rotatable bonds is 9. The van der Waals surface area contributed by atoms with E-state index in [1.807, 2.05) is 0 Å². The molecule has 4 aromatic rings. The van der Waals surface area contributed by atoms with Crippen LogP contribution in [-0.4, -0.2) is 50.3 Å². The number of fused-ring (bicyclic) bond motifs is 2. The maximum atomic E-state index is 16.5. The lowest BCUT2D eigenvalue weighted by Crippen LogP contribution is -2.43. The first-order valence-corrected chi connectivity index (χ1v) is 17.5. The summed E-state index contributed by atoms with van der Waals surface area (Å²) < 4.78 is 48.8. The lowest BCUT2D eigenvalue weighted by Gasteiger charge is -2.38. The van der Waals surface area contributed by atoms with Crippen molar-refractivity contribution in [2.75, 3.05) is 33.0 Å². The monoisotopic (exact) mass is 624 g/mol. The average molecular weight is 625 g/mol. The molecule has 0 radical (unpaired) electrons. The van der Waals surface area contributed by atoms with Crippen molar-refractivity contribution in [2.24, 2.45) is 0 Å². The molecule has 0 unspecified atom stereocenters. The molecular formula is C32H38F2N4O3SSi. The van der Waals surface area contributed by atoms with Crippen molar-refractivity contribution in [3.05, 3.63) is 41.5 Å². The number of nitrogens with two attached hydrogens (primary N) is 1. The molecule has 0 atom stereocenters. The Morgan fingerprint density at radius 3 is 2.21 bits per heavy atom. The van der Waals surface area contributed by atoms with Crippen molar-refractivity contribution in [1.82, 2.24) is 15.0 Å². The quantitative estimate of drug-likeness (QED) is 0.0659. The Hall–Kier alpha value is -3.46. The molecule has 2 aromatic carbocycles. The summed E-state index contributed by atoms with van der Waals surface area (Å²) in [4.78, 5) is 13.2. The van der Waals surface area contributed by atoms with Gasteiger partial charge in [-0.1, -0.05) is 65.3 Å². The molecule has 2 heterocycles. The second-order valence-electron chi connectivity index (χ2n) is 11.3. The zero-order valence-corrected chi connectivity index (χ0v) is 27.9. The molecule has 0 saturated heterocycles. The van der Waals surface area contributed by atoms with Gasteiger partial charge in [0.25, 0.3) is 0 Å². The Labute approximate surface area is 256 Å². The molecule has 0 saturated carbocycles. The van der Waals surface area contributed by atoms with Gasteiger partial charge >= 0.3 is 0 Å². The van der Waals surface area contributed by atoms with E-state index in [2.05, 4.69) is 68.0 Å². The summed E-state index contributed by atoms with van der Waals surface area (Å²) >= 11 is 1.23. The van der Waals surface area contributed by atoms with E-state index >= 15 is 8.78 Å². The molecule has 0 bridgehead atoms. The Morgan fingerprint density at radius 1 is 0.953 bits per heavy atom. The maximum absolute atomic E-state index is 16.5. The van der Waals surface area contributed by atoms with Crippen LogP contribution in [0.3, 0.4) is 0 Å². The van der Waals surface area contributed by atoms with Crippen molar-refractivity contribution in [3.8, 4) is 34.4 Å². The molecule has 2 N–H and O–H groups in total. The Kier molecular flexibility index (Phi) is 9.84. The van der Waals surface area contributed by atoms with Gasteiger partial charge in [-0.25, -0.2) is 23.7 Å². The Morgan fingerprint density at radius 2 is 1.63 bits per heavy atom. The standard InChI is InChI=1S/C32H38F2N4O3SSi/c1-17(2)43(18(3)4,19(5)6)13-12-22-24(33)11-10-20-14-21(41-16-39-7)15-23(25(20)22)28-27(34)29-26(31(36-28)40-8)30(35)38-32(37-29)42-9/h10-11,14-15,17-19H,16H2,1-9H3,(H2,35,37,38). The predicted molar refractivity (Wildman–Crippen MR) is 173 cm³/mol. The fraction of sp³-hybridized carbons (Fsp3) is 0.406. The number of nitrogens with zero attached hydrogens (tertiary/aromatic N) is 3. The average Bonchev–Trinajstić information content (AvgIpc) is 2.96. The maximum Gasteiger partial charge on any atom is 0.227 e. The van der Waals surface area contributed by atoms with Crippen LogP contribution < -0.4 is 15.2 Å². The molecule has 0 aliphatic rings. The summed E-state index contributed by atoms with van der Waals surface area (Å²) in [5, 5.41) is 1.47. The van der Waals surface area contributed by atoms with Crippen molar-refractivity contribution in [1.29, 1.82) is 0 Å². The van der Waals surface area contributed by atoms with Crippen molar-refractivity contribution in [2.45, 2.75) is 63.3 Å². The van der Waals surface area contributed by atoms with Crippen LogP contribution in [0.1, 0.15) is 47.1 Å². The Bertz CT molecular complexity index is 1720. The van der Waals surface area contributed by atoms with Crippen molar-refractivity contribution in [3.63, 3.8) is 0 Å². The van der Waals surface area contributed by atoms with E-state index < -0.39 is 19.7 Å². The minimum Gasteiger partial charge on any atom is -0.480 e. The number of halogens is 2. The second kappa shape index (κ2) is 13.0. The highest BCUT2D eigenvalue weighted by molar-refractivity contribution is 7.98. The first kappa shape index (κ1) is 32.5. The topological polar surface area (TPSA) is 92.4 Å². The number of benzene rings is 2. The van der Waals surface area contributed by atoms with E-state index in [0.29, 0.717) is 38.3 Å². The minimum atomic E-state index is -2.24. The molecule has 0 fully saturated rings. The fourth-order valence-electron chi connectivity index (χ4n) is 6.10. The van der Waals surface area contributed by atoms with E-state index in [9.17, 15) is 0 Å². The predicted octanol–water partition coefficient (Wildman–Crippen LogP) is 7.99. The van der Waals surface area contributed by atoms with Gasteiger partial charge in [-0.15, -0.1) is 5.54 Å². The van der Waals surface area contributed by atoms with E-state index in [1.165, 1.54) is 32.0 Å². The van der Waals surface area contributed by atoms with E-state index in [0.717, 1.165) is 0 Å². The molecule has 43 heavy (non-hydrogen) atoms. The molecule has 0 aliphatic carbocycles. The van der Waals surface area contributed by atoms with Crippen LogP contribution >= 0.6 is 11.8 Å². The third-order valence-corrected chi connectivity index (χ3v) is 14.9. The SMILES string of the molecule is COCOc1cc(-c2nc(OC)c3c(N)nc(SC)nc3c2F)c2c(C#C[Si](C(C)C)(C(C)C)C(C)C)c(F)ccc2c1. The third-order valence-electron chi connectivity index (χ3n) is 8.04. The molecule has 4 rings (SSSR count). The van der Waals surface area contributed by atoms with Crippen molar-refractivity contribution >= 4 is 47.3 Å². The Balaban J connectivity index is 2.16. The van der Waals surface area contributed by atoms with Gasteiger partial charge in [-0.2, -0.15) is 0 Å². The lowest BCUT2D eigenvalue weighted by molar-refractivity contribution is 0.0512. The van der Waals surface area contributed by atoms with Gasteiger partial charge in [0.15, 0.2) is 17.8 Å². The normalized spacial score (nSPS) is 12.0. The molecule has 11 heteroatoms. The smallest absolute Gasteiger partial charge is 0.227 e. The molecule has 0 amide bonds. The molecule has 0 aliphatic heterocycles. The summed E-state index contributed by atoms with van der Waals surface area (Å²) in [6, 6.07) is 6.37.